The highest BCUT2D eigenvalue weighted by Gasteiger charge is 2.44. The summed E-state index contributed by atoms with van der Waals surface area (Å²) in [6.07, 6.45) is 0.0172. The number of hydrogen-bond donors (Lipinski definition) is 3. The molecule has 2 saturated heterocycles. The lowest BCUT2D eigenvalue weighted by molar-refractivity contribution is -0.155. The van der Waals surface area contributed by atoms with Gasteiger partial charge in [-0.15, -0.1) is 0 Å². The molecule has 2 atom stereocenters. The van der Waals surface area contributed by atoms with Crippen molar-refractivity contribution >= 4 is 59.2 Å². The van der Waals surface area contributed by atoms with Crippen LogP contribution in [0.3, 0.4) is 0 Å². The first-order chi connectivity index (χ1) is 17.1. The van der Waals surface area contributed by atoms with Gasteiger partial charge in [0.05, 0.1) is 36.2 Å². The van der Waals surface area contributed by atoms with Gasteiger partial charge in [0, 0.05) is 18.5 Å². The molecule has 0 saturated carbocycles. The highest BCUT2D eigenvalue weighted by atomic mass is 35.5. The van der Waals surface area contributed by atoms with Gasteiger partial charge < -0.3 is 20.0 Å². The molecule has 15 heteroatoms. The van der Waals surface area contributed by atoms with Crippen LogP contribution in [0.15, 0.2) is 12.1 Å². The van der Waals surface area contributed by atoms with Crippen LogP contribution in [0.1, 0.15) is 36.0 Å². The number of hydrogen-bond acceptors (Lipinski definition) is 7. The zero-order chi connectivity index (χ0) is 26.6. The Hall–Kier alpha value is -3.58. The molecule has 0 aromatic heterocycles. The van der Waals surface area contributed by atoms with E-state index in [-0.39, 0.29) is 53.6 Å². The SMILES string of the molecule is COc1c(Cl)cc(C(=O)NN2CCC(=O)N3CCCC(C(=O)NC(C=O)CC(=O)O)N3C2=O)cc1Cl. The van der Waals surface area contributed by atoms with Crippen molar-refractivity contribution in [3.05, 3.63) is 27.7 Å². The van der Waals surface area contributed by atoms with E-state index in [2.05, 4.69) is 10.7 Å². The zero-order valence-electron chi connectivity index (χ0n) is 19.0. The van der Waals surface area contributed by atoms with Gasteiger partial charge in [0.25, 0.3) is 5.91 Å². The number of benzene rings is 1. The number of amides is 5. The number of nitrogens with zero attached hydrogens (tertiary/aromatic N) is 3. The number of ether oxygens (including phenoxy) is 1. The molecule has 2 aliphatic heterocycles. The van der Waals surface area contributed by atoms with Gasteiger partial charge in [-0.25, -0.2) is 19.8 Å². The molecule has 2 aliphatic rings. The minimum atomic E-state index is -1.32. The summed E-state index contributed by atoms with van der Waals surface area (Å²) in [5.74, 6) is -3.14. The van der Waals surface area contributed by atoms with E-state index in [1.807, 2.05) is 0 Å². The summed E-state index contributed by atoms with van der Waals surface area (Å²) in [5.41, 5.74) is 2.42. The van der Waals surface area contributed by atoms with Crippen molar-refractivity contribution in [2.24, 2.45) is 0 Å². The zero-order valence-corrected chi connectivity index (χ0v) is 20.5. The molecule has 0 bridgehead atoms. The van der Waals surface area contributed by atoms with Crippen molar-refractivity contribution in [1.82, 2.24) is 25.8 Å². The number of aliphatic carboxylic acids is 1. The number of urea groups is 1. The molecule has 0 spiro atoms. The first-order valence-electron chi connectivity index (χ1n) is 10.8. The van der Waals surface area contributed by atoms with Gasteiger partial charge in [0.1, 0.15) is 12.3 Å². The summed E-state index contributed by atoms with van der Waals surface area (Å²) in [5, 5.41) is 14.3. The van der Waals surface area contributed by atoms with Crippen LogP contribution in [-0.4, -0.2) is 88.4 Å². The molecular weight excluding hydrogens is 521 g/mol. The Morgan fingerprint density at radius 1 is 1.22 bits per heavy atom. The fourth-order valence-corrected chi connectivity index (χ4v) is 4.53. The standard InChI is InChI=1S/C21H23Cl2N5O8/c1-36-18-13(22)7-11(8-14(18)23)19(33)25-26-6-4-16(30)27-5-2-3-15(28(27)21(26)35)20(34)24-12(10-29)9-17(31)32/h7-8,10,12,15H,2-6,9H2,1H3,(H,24,34)(H,25,33)(H,31,32). The average Bonchev–Trinajstić information content (AvgIpc) is 2.95. The smallest absolute Gasteiger partial charge is 0.358 e. The van der Waals surface area contributed by atoms with Crippen molar-refractivity contribution in [3.8, 4) is 5.75 Å². The Morgan fingerprint density at radius 2 is 1.89 bits per heavy atom. The van der Waals surface area contributed by atoms with E-state index < -0.39 is 48.2 Å². The molecule has 1 aromatic rings. The number of carboxylic acids is 1. The fourth-order valence-electron chi connectivity index (χ4n) is 3.89. The first-order valence-corrected chi connectivity index (χ1v) is 11.6. The van der Waals surface area contributed by atoms with E-state index >= 15 is 0 Å². The maximum Gasteiger partial charge on any atom is 0.358 e. The number of rotatable bonds is 8. The molecule has 194 valence electrons. The highest BCUT2D eigenvalue weighted by molar-refractivity contribution is 6.37. The number of carboxylic acid groups (broad SMARTS) is 1. The third-order valence-electron chi connectivity index (χ3n) is 5.56. The Balaban J connectivity index is 1.83. The number of methoxy groups -OCH3 is 1. The summed E-state index contributed by atoms with van der Waals surface area (Å²) in [7, 11) is 1.36. The Labute approximate surface area is 215 Å². The van der Waals surface area contributed by atoms with Crippen LogP contribution in [0.25, 0.3) is 0 Å². The van der Waals surface area contributed by atoms with Crippen LogP contribution in [0.5, 0.6) is 5.75 Å². The average molecular weight is 544 g/mol. The maximum absolute atomic E-state index is 13.4. The van der Waals surface area contributed by atoms with Crippen molar-refractivity contribution in [2.45, 2.75) is 37.8 Å². The van der Waals surface area contributed by atoms with Gasteiger partial charge in [-0.1, -0.05) is 23.2 Å². The number of hydrazine groups is 2. The van der Waals surface area contributed by atoms with Gasteiger partial charge in [0.15, 0.2) is 5.75 Å². The van der Waals surface area contributed by atoms with E-state index in [1.54, 1.807) is 0 Å². The summed E-state index contributed by atoms with van der Waals surface area (Å²) < 4.78 is 5.05. The Bertz CT molecular complexity index is 1080. The van der Waals surface area contributed by atoms with Crippen LogP contribution in [0.4, 0.5) is 4.79 Å². The Kier molecular flexibility index (Phi) is 8.58. The number of aldehydes is 1. The van der Waals surface area contributed by atoms with Crippen LogP contribution in [-0.2, 0) is 19.2 Å². The molecule has 36 heavy (non-hydrogen) atoms. The normalized spacial score (nSPS) is 18.6. The van der Waals surface area contributed by atoms with Crippen LogP contribution in [0.2, 0.25) is 10.0 Å². The molecule has 3 rings (SSSR count). The van der Waals surface area contributed by atoms with Crippen molar-refractivity contribution in [3.63, 3.8) is 0 Å². The number of carbonyl (C=O) groups is 6. The van der Waals surface area contributed by atoms with E-state index in [0.29, 0.717) is 6.42 Å². The molecule has 2 heterocycles. The van der Waals surface area contributed by atoms with Gasteiger partial charge in [-0.2, -0.15) is 0 Å². The van der Waals surface area contributed by atoms with E-state index in [4.69, 9.17) is 33.0 Å². The predicted molar refractivity (Wildman–Crippen MR) is 124 cm³/mol. The third-order valence-corrected chi connectivity index (χ3v) is 6.12. The maximum atomic E-state index is 13.4. The van der Waals surface area contributed by atoms with Crippen molar-refractivity contribution in [1.29, 1.82) is 0 Å². The number of fused-ring (bicyclic) bond motifs is 1. The quantitative estimate of drug-likeness (QED) is 0.405. The molecule has 2 fully saturated rings. The monoisotopic (exact) mass is 543 g/mol. The second-order valence-electron chi connectivity index (χ2n) is 7.97. The Morgan fingerprint density at radius 3 is 2.47 bits per heavy atom. The van der Waals surface area contributed by atoms with Crippen molar-refractivity contribution < 1.29 is 38.6 Å². The lowest BCUT2D eigenvalue weighted by Crippen LogP contribution is -2.64. The highest BCUT2D eigenvalue weighted by Crippen LogP contribution is 2.34. The van der Waals surface area contributed by atoms with Gasteiger partial charge in [-0.05, 0) is 25.0 Å². The van der Waals surface area contributed by atoms with Crippen LogP contribution >= 0.6 is 23.2 Å². The molecule has 3 N–H and O–H groups in total. The summed E-state index contributed by atoms with van der Waals surface area (Å²) >= 11 is 12.2. The summed E-state index contributed by atoms with van der Waals surface area (Å²) in [4.78, 5) is 74.0. The first kappa shape index (κ1) is 27.0. The van der Waals surface area contributed by atoms with Crippen molar-refractivity contribution in [2.75, 3.05) is 20.2 Å². The lowest BCUT2D eigenvalue weighted by Gasteiger charge is -2.42. The third kappa shape index (κ3) is 5.79. The van der Waals surface area contributed by atoms with Gasteiger partial charge in [0.2, 0.25) is 11.8 Å². The topological polar surface area (TPSA) is 166 Å². The minimum absolute atomic E-state index is 0.0152. The molecule has 1 aromatic carbocycles. The largest absolute Gasteiger partial charge is 0.494 e. The van der Waals surface area contributed by atoms with Gasteiger partial charge in [-0.3, -0.25) is 24.6 Å². The molecule has 0 radical (unpaired) electrons. The molecule has 5 amide bonds. The summed E-state index contributed by atoms with van der Waals surface area (Å²) in [6.45, 7) is -0.0234. The predicted octanol–water partition coefficient (Wildman–Crippen LogP) is 0.839. The van der Waals surface area contributed by atoms with Gasteiger partial charge >= 0.3 is 12.0 Å². The minimum Gasteiger partial charge on any atom is -0.494 e. The van der Waals surface area contributed by atoms with Crippen LogP contribution < -0.4 is 15.5 Å². The summed E-state index contributed by atoms with van der Waals surface area (Å²) in [6, 6.07) is -0.806. The second-order valence-corrected chi connectivity index (χ2v) is 8.78. The lowest BCUT2D eigenvalue weighted by atomic mass is 10.1. The molecule has 0 aliphatic carbocycles. The fraction of sp³-hybridized carbons (Fsp3) is 0.429. The van der Waals surface area contributed by atoms with E-state index in [0.717, 1.165) is 15.0 Å². The number of nitrogens with one attached hydrogen (secondary N) is 2. The number of carbonyl (C=O) groups excluding carboxylic acids is 5. The molecule has 2 unspecified atom stereocenters. The molecule has 13 nitrogen and oxygen atoms in total. The second kappa shape index (κ2) is 11.4. The molecular formula is C21H23Cl2N5O8. The van der Waals surface area contributed by atoms with E-state index in [1.165, 1.54) is 19.2 Å². The van der Waals surface area contributed by atoms with Crippen LogP contribution in [0, 0.1) is 0 Å². The number of halogens is 2. The van der Waals surface area contributed by atoms with E-state index in [9.17, 15) is 28.8 Å².